The van der Waals surface area contributed by atoms with E-state index in [4.69, 9.17) is 10.00 Å². The minimum atomic E-state index is -0.402. The predicted molar refractivity (Wildman–Crippen MR) is 77.6 cm³/mol. The molecule has 0 aromatic heterocycles. The van der Waals surface area contributed by atoms with Gasteiger partial charge in [-0.2, -0.15) is 5.26 Å². The molecular weight excluding hydrogens is 268 g/mol. The topological polar surface area (TPSA) is 73.6 Å². The van der Waals surface area contributed by atoms with E-state index in [1.54, 1.807) is 36.1 Å². The summed E-state index contributed by atoms with van der Waals surface area (Å²) >= 11 is 0. The fraction of sp³-hybridized carbons (Fsp3) is 0.500. The van der Waals surface area contributed by atoms with E-state index < -0.39 is 6.10 Å². The molecule has 1 fully saturated rings. The number of hydrogen-bond acceptors (Lipinski definition) is 4. The van der Waals surface area contributed by atoms with Gasteiger partial charge < -0.3 is 14.7 Å². The summed E-state index contributed by atoms with van der Waals surface area (Å²) in [6.07, 6.45) is 1.44. The molecule has 1 saturated heterocycles. The molecule has 21 heavy (non-hydrogen) atoms. The van der Waals surface area contributed by atoms with E-state index in [2.05, 4.69) is 0 Å². The first kappa shape index (κ1) is 15.3. The monoisotopic (exact) mass is 288 g/mol. The van der Waals surface area contributed by atoms with Crippen molar-refractivity contribution in [3.05, 3.63) is 29.8 Å². The van der Waals surface area contributed by atoms with Gasteiger partial charge in [0.05, 0.1) is 11.7 Å². The molecule has 0 bridgehead atoms. The van der Waals surface area contributed by atoms with Crippen LogP contribution in [0.3, 0.4) is 0 Å². The molecule has 0 saturated carbocycles. The third kappa shape index (κ3) is 3.96. The van der Waals surface area contributed by atoms with Crippen molar-refractivity contribution in [2.45, 2.75) is 25.9 Å². The molecule has 1 amide bonds. The van der Waals surface area contributed by atoms with Crippen LogP contribution in [0, 0.1) is 17.2 Å². The molecule has 1 N–H and O–H groups in total. The summed E-state index contributed by atoms with van der Waals surface area (Å²) < 4.78 is 5.46. The zero-order valence-corrected chi connectivity index (χ0v) is 12.2. The number of aliphatic hydroxyl groups is 1. The van der Waals surface area contributed by atoms with E-state index in [1.807, 2.05) is 6.07 Å². The Morgan fingerprint density at radius 1 is 1.57 bits per heavy atom. The molecule has 1 aromatic carbocycles. The second-order valence-electron chi connectivity index (χ2n) is 5.38. The van der Waals surface area contributed by atoms with Gasteiger partial charge in [-0.3, -0.25) is 4.79 Å². The molecular formula is C16H20N2O3. The van der Waals surface area contributed by atoms with Crippen molar-refractivity contribution in [3.8, 4) is 11.8 Å². The highest BCUT2D eigenvalue weighted by molar-refractivity contribution is 5.78. The highest BCUT2D eigenvalue weighted by Gasteiger charge is 2.26. The summed E-state index contributed by atoms with van der Waals surface area (Å²) in [7, 11) is 0. The van der Waals surface area contributed by atoms with Gasteiger partial charge in [0.1, 0.15) is 11.8 Å². The third-order valence-electron chi connectivity index (χ3n) is 3.85. The lowest BCUT2D eigenvalue weighted by Crippen LogP contribution is -2.44. The maximum absolute atomic E-state index is 12.2. The molecule has 0 radical (unpaired) electrons. The number of rotatable bonds is 4. The molecule has 5 nitrogen and oxygen atoms in total. The van der Waals surface area contributed by atoms with Crippen LogP contribution in [0.5, 0.6) is 5.75 Å². The van der Waals surface area contributed by atoms with Crippen LogP contribution in [-0.4, -0.2) is 41.7 Å². The number of benzene rings is 1. The normalized spacial score (nSPS) is 19.7. The number of ether oxygens (including phenoxy) is 1. The predicted octanol–water partition coefficient (Wildman–Crippen LogP) is 1.56. The van der Waals surface area contributed by atoms with Gasteiger partial charge in [0.15, 0.2) is 6.61 Å². The number of carbonyl (C=O) groups is 1. The van der Waals surface area contributed by atoms with Crippen LogP contribution in [0.4, 0.5) is 0 Å². The Morgan fingerprint density at radius 3 is 3.05 bits per heavy atom. The highest BCUT2D eigenvalue weighted by Crippen LogP contribution is 2.20. The zero-order valence-electron chi connectivity index (χ0n) is 12.2. The Morgan fingerprint density at radius 2 is 2.33 bits per heavy atom. The molecule has 0 aliphatic carbocycles. The van der Waals surface area contributed by atoms with Crippen molar-refractivity contribution < 1.29 is 14.6 Å². The maximum atomic E-state index is 12.2. The summed E-state index contributed by atoms with van der Waals surface area (Å²) in [5.74, 6) is 0.458. The number of likely N-dealkylation sites (tertiary alicyclic amines) is 1. The molecule has 2 rings (SSSR count). The van der Waals surface area contributed by atoms with E-state index in [9.17, 15) is 9.90 Å². The van der Waals surface area contributed by atoms with Gasteiger partial charge in [0.2, 0.25) is 0 Å². The van der Waals surface area contributed by atoms with Crippen molar-refractivity contribution in [3.63, 3.8) is 0 Å². The van der Waals surface area contributed by atoms with Gasteiger partial charge in [-0.1, -0.05) is 12.1 Å². The van der Waals surface area contributed by atoms with E-state index in [0.29, 0.717) is 24.4 Å². The van der Waals surface area contributed by atoms with Gasteiger partial charge >= 0.3 is 0 Å². The molecule has 2 unspecified atom stereocenters. The number of nitrogens with zero attached hydrogens (tertiary/aromatic N) is 2. The number of amides is 1. The Labute approximate surface area is 124 Å². The SMILES string of the molecule is CC(O)C1CCCN(C(=O)COc2ccccc2C#N)C1. The van der Waals surface area contributed by atoms with Crippen molar-refractivity contribution in [1.29, 1.82) is 5.26 Å². The van der Waals surface area contributed by atoms with Crippen molar-refractivity contribution in [2.24, 2.45) is 5.92 Å². The Kier molecular flexibility index (Phi) is 5.18. The summed E-state index contributed by atoms with van der Waals surface area (Å²) in [4.78, 5) is 13.9. The van der Waals surface area contributed by atoms with E-state index in [1.165, 1.54) is 0 Å². The first-order chi connectivity index (χ1) is 10.1. The lowest BCUT2D eigenvalue weighted by Gasteiger charge is -2.34. The Hall–Kier alpha value is -2.06. The molecule has 1 heterocycles. The van der Waals surface area contributed by atoms with Crippen LogP contribution >= 0.6 is 0 Å². The fourth-order valence-corrected chi connectivity index (χ4v) is 2.55. The third-order valence-corrected chi connectivity index (χ3v) is 3.85. The van der Waals surface area contributed by atoms with Crippen LogP contribution in [0.15, 0.2) is 24.3 Å². The number of hydrogen-bond donors (Lipinski definition) is 1. The Balaban J connectivity index is 1.91. The number of piperidine rings is 1. The molecule has 0 spiro atoms. The summed E-state index contributed by atoms with van der Waals surface area (Å²) in [6.45, 7) is 2.95. The number of aliphatic hydroxyl groups excluding tert-OH is 1. The number of nitriles is 1. The molecule has 5 heteroatoms. The largest absolute Gasteiger partial charge is 0.482 e. The van der Waals surface area contributed by atoms with Crippen LogP contribution in [-0.2, 0) is 4.79 Å². The molecule has 112 valence electrons. The molecule has 1 aromatic rings. The van der Waals surface area contributed by atoms with E-state index in [-0.39, 0.29) is 18.4 Å². The average molecular weight is 288 g/mol. The van der Waals surface area contributed by atoms with Gasteiger partial charge in [-0.25, -0.2) is 0 Å². The smallest absolute Gasteiger partial charge is 0.260 e. The zero-order chi connectivity index (χ0) is 15.2. The first-order valence-electron chi connectivity index (χ1n) is 7.19. The molecule has 1 aliphatic heterocycles. The second kappa shape index (κ2) is 7.09. The van der Waals surface area contributed by atoms with Gasteiger partial charge in [-0.15, -0.1) is 0 Å². The lowest BCUT2D eigenvalue weighted by molar-refractivity contribution is -0.136. The van der Waals surface area contributed by atoms with E-state index in [0.717, 1.165) is 12.8 Å². The minimum absolute atomic E-state index is 0.0782. The summed E-state index contributed by atoms with van der Waals surface area (Å²) in [6, 6.07) is 8.90. The quantitative estimate of drug-likeness (QED) is 0.912. The first-order valence-corrected chi connectivity index (χ1v) is 7.19. The molecule has 2 atom stereocenters. The summed E-state index contributed by atoms with van der Waals surface area (Å²) in [5.41, 5.74) is 0.422. The lowest BCUT2D eigenvalue weighted by atomic mass is 9.93. The van der Waals surface area contributed by atoms with Crippen molar-refractivity contribution in [2.75, 3.05) is 19.7 Å². The number of carbonyl (C=O) groups excluding carboxylic acids is 1. The van der Waals surface area contributed by atoms with E-state index >= 15 is 0 Å². The number of para-hydroxylation sites is 1. The second-order valence-corrected chi connectivity index (χ2v) is 5.38. The standard InChI is InChI=1S/C16H20N2O3/c1-12(19)14-6-4-8-18(10-14)16(20)11-21-15-7-3-2-5-13(15)9-17/h2-3,5,7,12,14,19H,4,6,8,10-11H2,1H3. The van der Waals surface area contributed by atoms with Gasteiger partial charge in [0.25, 0.3) is 5.91 Å². The van der Waals surface area contributed by atoms with Gasteiger partial charge in [0, 0.05) is 19.0 Å². The van der Waals surface area contributed by atoms with Crippen LogP contribution in [0.2, 0.25) is 0 Å². The van der Waals surface area contributed by atoms with Crippen molar-refractivity contribution >= 4 is 5.91 Å². The van der Waals surface area contributed by atoms with Crippen molar-refractivity contribution in [1.82, 2.24) is 4.90 Å². The highest BCUT2D eigenvalue weighted by atomic mass is 16.5. The molecule has 1 aliphatic rings. The maximum Gasteiger partial charge on any atom is 0.260 e. The van der Waals surface area contributed by atoms with Crippen LogP contribution in [0.1, 0.15) is 25.3 Å². The minimum Gasteiger partial charge on any atom is -0.482 e. The van der Waals surface area contributed by atoms with Crippen LogP contribution < -0.4 is 4.74 Å². The Bertz CT molecular complexity index is 537. The van der Waals surface area contributed by atoms with Crippen LogP contribution in [0.25, 0.3) is 0 Å². The average Bonchev–Trinajstić information content (AvgIpc) is 2.52. The van der Waals surface area contributed by atoms with Gasteiger partial charge in [-0.05, 0) is 31.9 Å². The summed E-state index contributed by atoms with van der Waals surface area (Å²) in [5, 5.41) is 18.6. The fourth-order valence-electron chi connectivity index (χ4n) is 2.55.